The minimum absolute atomic E-state index is 0.310. The fraction of sp³-hybridized carbons (Fsp3) is 0. The number of anilines is 3. The van der Waals surface area contributed by atoms with Gasteiger partial charge in [-0.3, -0.25) is 0 Å². The van der Waals surface area contributed by atoms with E-state index in [9.17, 15) is 4.79 Å². The summed E-state index contributed by atoms with van der Waals surface area (Å²) in [4.78, 5) is 13.5. The molecule has 0 bridgehead atoms. The highest BCUT2D eigenvalue weighted by molar-refractivity contribution is 7.00. The first-order chi connectivity index (χ1) is 21.1. The lowest BCUT2D eigenvalue weighted by atomic mass is 9.97. The molecule has 6 aromatic rings. The van der Waals surface area contributed by atoms with Crippen molar-refractivity contribution >= 4 is 64.0 Å². The molecule has 1 aromatic heterocycles. The summed E-state index contributed by atoms with van der Waals surface area (Å²) in [6.07, 6.45) is 5.69. The van der Waals surface area contributed by atoms with Gasteiger partial charge in [-0.2, -0.15) is 14.0 Å². The highest BCUT2D eigenvalue weighted by Gasteiger charge is 2.20. The average Bonchev–Trinajstić information content (AvgIpc) is 3.48. The van der Waals surface area contributed by atoms with Crippen molar-refractivity contribution in [3.8, 4) is 28.3 Å². The van der Waals surface area contributed by atoms with Crippen LogP contribution in [0.5, 0.6) is 0 Å². The third-order valence-corrected chi connectivity index (χ3v) is 8.06. The first kappa shape index (κ1) is 26.1. The van der Waals surface area contributed by atoms with E-state index < -0.39 is 5.97 Å². The van der Waals surface area contributed by atoms with E-state index in [0.717, 1.165) is 61.5 Å². The quantitative estimate of drug-likeness (QED) is 0.163. The zero-order valence-electron chi connectivity index (χ0n) is 22.7. The van der Waals surface area contributed by atoms with Gasteiger partial charge >= 0.3 is 5.97 Å². The Bertz CT molecular complexity index is 2070. The maximum absolute atomic E-state index is 11.2. The molecule has 0 atom stereocenters. The van der Waals surface area contributed by atoms with Crippen LogP contribution >= 0.6 is 11.7 Å². The smallest absolute Gasteiger partial charge is 0.346 e. The number of carbonyl (C=O) groups is 1. The van der Waals surface area contributed by atoms with Gasteiger partial charge in [0.1, 0.15) is 22.7 Å². The normalized spacial score (nSPS) is 12.3. The van der Waals surface area contributed by atoms with Gasteiger partial charge in [0.25, 0.3) is 0 Å². The van der Waals surface area contributed by atoms with E-state index in [1.165, 1.54) is 17.8 Å². The summed E-state index contributed by atoms with van der Waals surface area (Å²) in [7, 11) is 0. The Balaban J connectivity index is 1.24. The lowest BCUT2D eigenvalue weighted by Gasteiger charge is -2.27. The van der Waals surface area contributed by atoms with E-state index in [4.69, 9.17) is 10.4 Å². The molecule has 5 aromatic carbocycles. The second-order valence-electron chi connectivity index (χ2n) is 10.1. The first-order valence-corrected chi connectivity index (χ1v) is 14.3. The van der Waals surface area contributed by atoms with Crippen LogP contribution in [0.25, 0.3) is 51.5 Å². The molecule has 1 N–H and O–H groups in total. The number of carboxylic acids is 1. The van der Waals surface area contributed by atoms with Gasteiger partial charge in [0, 0.05) is 16.8 Å². The average molecular weight is 575 g/mol. The Kier molecular flexibility index (Phi) is 6.59. The van der Waals surface area contributed by atoms with Crippen molar-refractivity contribution in [1.29, 1.82) is 5.26 Å². The van der Waals surface area contributed by atoms with Crippen molar-refractivity contribution in [3.05, 3.63) is 131 Å². The predicted octanol–water partition coefficient (Wildman–Crippen LogP) is 8.97. The summed E-state index contributed by atoms with van der Waals surface area (Å²) < 4.78 is 9.28. The van der Waals surface area contributed by atoms with Gasteiger partial charge < -0.3 is 10.0 Å². The summed E-state index contributed by atoms with van der Waals surface area (Å²) in [6.45, 7) is 0. The number of para-hydroxylation sites is 2. The van der Waals surface area contributed by atoms with Crippen LogP contribution in [0.3, 0.4) is 0 Å². The molecule has 1 aliphatic rings. The SMILES string of the molecule is N#C/C(=C\c1ccc(-c2ccc(-c3ccc(N4c5ccccc5C=Cc5ccccc54)cc3)c3nsnc23)cc1)C(=O)O. The first-order valence-electron chi connectivity index (χ1n) is 13.6. The van der Waals surface area contributed by atoms with E-state index in [2.05, 4.69) is 105 Å². The van der Waals surface area contributed by atoms with Crippen molar-refractivity contribution in [2.75, 3.05) is 4.90 Å². The number of nitrogens with zero attached hydrogens (tertiary/aromatic N) is 4. The van der Waals surface area contributed by atoms with Gasteiger partial charge in [0.2, 0.25) is 0 Å². The Morgan fingerprint density at radius 1 is 0.721 bits per heavy atom. The minimum Gasteiger partial charge on any atom is -0.477 e. The number of hydrogen-bond acceptors (Lipinski definition) is 6. The molecule has 0 amide bonds. The van der Waals surface area contributed by atoms with Gasteiger partial charge in [0.15, 0.2) is 0 Å². The molecular formula is C36H22N4O2S. The molecule has 6 nitrogen and oxygen atoms in total. The maximum Gasteiger partial charge on any atom is 0.346 e. The number of aliphatic carboxylic acids is 1. The molecule has 204 valence electrons. The number of fused-ring (bicyclic) bond motifs is 3. The number of nitriles is 1. The summed E-state index contributed by atoms with van der Waals surface area (Å²) in [6, 6.07) is 38.6. The highest BCUT2D eigenvalue weighted by atomic mass is 32.1. The number of rotatable bonds is 5. The van der Waals surface area contributed by atoms with Crippen LogP contribution < -0.4 is 4.90 Å². The molecule has 7 heteroatoms. The molecule has 0 unspecified atom stereocenters. The van der Waals surface area contributed by atoms with Gasteiger partial charge in [-0.25, -0.2) is 4.79 Å². The Hall–Kier alpha value is -5.84. The molecule has 0 saturated carbocycles. The molecule has 0 fully saturated rings. The molecular weight excluding hydrogens is 552 g/mol. The van der Waals surface area contributed by atoms with Crippen LogP contribution in [-0.2, 0) is 4.79 Å². The predicted molar refractivity (Wildman–Crippen MR) is 173 cm³/mol. The van der Waals surface area contributed by atoms with Gasteiger partial charge in [-0.15, -0.1) is 0 Å². The van der Waals surface area contributed by atoms with Crippen LogP contribution in [0, 0.1) is 11.3 Å². The molecule has 2 heterocycles. The van der Waals surface area contributed by atoms with Gasteiger partial charge in [-0.1, -0.05) is 97.1 Å². The zero-order chi connectivity index (χ0) is 29.3. The zero-order valence-corrected chi connectivity index (χ0v) is 23.5. The van der Waals surface area contributed by atoms with E-state index in [0.29, 0.717) is 5.56 Å². The Labute approximate surface area is 252 Å². The molecule has 7 rings (SSSR count). The van der Waals surface area contributed by atoms with E-state index >= 15 is 0 Å². The lowest BCUT2D eigenvalue weighted by Crippen LogP contribution is -2.11. The monoisotopic (exact) mass is 574 g/mol. The summed E-state index contributed by atoms with van der Waals surface area (Å²) in [5.74, 6) is -1.25. The van der Waals surface area contributed by atoms with E-state index in [1.54, 1.807) is 18.2 Å². The van der Waals surface area contributed by atoms with Gasteiger partial charge in [0.05, 0.1) is 23.1 Å². The van der Waals surface area contributed by atoms with Crippen molar-refractivity contribution in [3.63, 3.8) is 0 Å². The third kappa shape index (κ3) is 4.76. The number of benzene rings is 5. The largest absolute Gasteiger partial charge is 0.477 e. The standard InChI is InChI=1S/C36H22N4O2S/c37-22-28(36(41)42)21-23-9-11-24(12-10-23)30-19-20-31(35-34(30)38-43-39-35)25-15-17-29(18-16-25)40-32-7-3-1-5-26(32)13-14-27-6-2-4-8-33(27)40/h1-21H,(H,41,42)/b28-21+. The second-order valence-corrected chi connectivity index (χ2v) is 10.6. The van der Waals surface area contributed by atoms with E-state index in [-0.39, 0.29) is 5.57 Å². The summed E-state index contributed by atoms with van der Waals surface area (Å²) in [5.41, 5.74) is 11.5. The summed E-state index contributed by atoms with van der Waals surface area (Å²) in [5, 5.41) is 18.2. The molecule has 0 radical (unpaired) electrons. The third-order valence-electron chi connectivity index (χ3n) is 7.53. The Morgan fingerprint density at radius 3 is 1.74 bits per heavy atom. The van der Waals surface area contributed by atoms with Crippen molar-refractivity contribution in [2.45, 2.75) is 0 Å². The molecule has 0 aliphatic carbocycles. The van der Waals surface area contributed by atoms with E-state index in [1.807, 2.05) is 18.2 Å². The molecule has 0 spiro atoms. The van der Waals surface area contributed by atoms with Crippen molar-refractivity contribution < 1.29 is 9.90 Å². The Morgan fingerprint density at radius 2 is 1.23 bits per heavy atom. The molecule has 43 heavy (non-hydrogen) atoms. The van der Waals surface area contributed by atoms with Crippen LogP contribution in [0.2, 0.25) is 0 Å². The fourth-order valence-electron chi connectivity index (χ4n) is 5.44. The number of aromatic nitrogens is 2. The van der Waals surface area contributed by atoms with Crippen LogP contribution in [0.15, 0.2) is 115 Å². The summed E-state index contributed by atoms with van der Waals surface area (Å²) >= 11 is 1.18. The number of hydrogen-bond donors (Lipinski definition) is 1. The maximum atomic E-state index is 11.2. The van der Waals surface area contributed by atoms with Gasteiger partial charge in [-0.05, 0) is 58.2 Å². The van der Waals surface area contributed by atoms with Crippen molar-refractivity contribution in [2.24, 2.45) is 0 Å². The molecule has 1 aliphatic heterocycles. The fourth-order valence-corrected chi connectivity index (χ4v) is 6.02. The van der Waals surface area contributed by atoms with Crippen LogP contribution in [0.1, 0.15) is 16.7 Å². The molecule has 0 saturated heterocycles. The second kappa shape index (κ2) is 10.9. The highest BCUT2D eigenvalue weighted by Crippen LogP contribution is 2.42. The minimum atomic E-state index is -1.25. The van der Waals surface area contributed by atoms with Crippen LogP contribution in [0.4, 0.5) is 17.1 Å². The number of carboxylic acid groups (broad SMARTS) is 1. The van der Waals surface area contributed by atoms with Crippen molar-refractivity contribution in [1.82, 2.24) is 8.75 Å². The topological polar surface area (TPSA) is 90.1 Å². The lowest BCUT2D eigenvalue weighted by molar-refractivity contribution is -0.132. The van der Waals surface area contributed by atoms with Crippen LogP contribution in [-0.4, -0.2) is 19.8 Å².